The van der Waals surface area contributed by atoms with E-state index in [1.54, 1.807) is 0 Å². The van der Waals surface area contributed by atoms with Crippen molar-refractivity contribution in [2.45, 2.75) is 40.3 Å². The number of fused-ring (bicyclic) bond motifs is 1. The van der Waals surface area contributed by atoms with Crippen molar-refractivity contribution in [3.63, 3.8) is 0 Å². The van der Waals surface area contributed by atoms with E-state index >= 15 is 0 Å². The van der Waals surface area contributed by atoms with Crippen LogP contribution in [0.15, 0.2) is 4.99 Å². The highest BCUT2D eigenvalue weighted by atomic mass is 31.1. The lowest BCUT2D eigenvalue weighted by Crippen LogP contribution is -1.99. The SMILES string of the molecule is CC1=Nc2c(CP=O)c(C)c(C)c(C)c2C1. The minimum Gasteiger partial charge on any atom is -0.275 e. The molecule has 0 spiro atoms. The highest BCUT2D eigenvalue weighted by Crippen LogP contribution is 2.39. The van der Waals surface area contributed by atoms with Crippen LogP contribution < -0.4 is 0 Å². The van der Waals surface area contributed by atoms with Crippen LogP contribution in [0.1, 0.15) is 34.7 Å². The summed E-state index contributed by atoms with van der Waals surface area (Å²) in [6, 6.07) is 0. The van der Waals surface area contributed by atoms with Crippen molar-refractivity contribution in [1.29, 1.82) is 0 Å². The fourth-order valence-electron chi connectivity index (χ4n) is 2.37. The van der Waals surface area contributed by atoms with Crippen molar-refractivity contribution in [2.24, 2.45) is 4.99 Å². The van der Waals surface area contributed by atoms with Crippen LogP contribution in [0.4, 0.5) is 5.69 Å². The van der Waals surface area contributed by atoms with E-state index in [0.717, 1.165) is 23.4 Å². The Labute approximate surface area is 98.0 Å². The van der Waals surface area contributed by atoms with Crippen molar-refractivity contribution in [3.8, 4) is 0 Å². The summed E-state index contributed by atoms with van der Waals surface area (Å²) >= 11 is 0. The second-order valence-corrected chi connectivity index (χ2v) is 5.07. The van der Waals surface area contributed by atoms with E-state index in [0.29, 0.717) is 6.16 Å². The number of rotatable bonds is 2. The van der Waals surface area contributed by atoms with Gasteiger partial charge in [0, 0.05) is 12.1 Å². The van der Waals surface area contributed by atoms with E-state index < -0.39 is 0 Å². The molecule has 2 rings (SSSR count). The molecule has 0 saturated carbocycles. The maximum atomic E-state index is 10.9. The van der Waals surface area contributed by atoms with Gasteiger partial charge in [0.2, 0.25) is 0 Å². The van der Waals surface area contributed by atoms with Gasteiger partial charge < -0.3 is 0 Å². The molecule has 1 heterocycles. The van der Waals surface area contributed by atoms with Gasteiger partial charge in [-0.25, -0.2) is 0 Å². The first-order valence-corrected chi connectivity index (χ1v) is 6.50. The number of nitrogens with zero attached hydrogens (tertiary/aromatic N) is 1. The molecule has 0 saturated heterocycles. The molecule has 84 valence electrons. The third-order valence-electron chi connectivity index (χ3n) is 3.56. The first-order chi connectivity index (χ1) is 7.56. The van der Waals surface area contributed by atoms with Crippen LogP contribution in [-0.4, -0.2) is 5.71 Å². The van der Waals surface area contributed by atoms with Crippen LogP contribution in [0, 0.1) is 20.8 Å². The van der Waals surface area contributed by atoms with Gasteiger partial charge in [-0.2, -0.15) is 0 Å². The van der Waals surface area contributed by atoms with Gasteiger partial charge in [-0.15, -0.1) is 0 Å². The molecule has 1 aromatic carbocycles. The predicted molar refractivity (Wildman–Crippen MR) is 68.4 cm³/mol. The lowest BCUT2D eigenvalue weighted by molar-refractivity contribution is 0.598. The summed E-state index contributed by atoms with van der Waals surface area (Å²) in [5.41, 5.74) is 8.65. The second kappa shape index (κ2) is 4.10. The highest BCUT2D eigenvalue weighted by molar-refractivity contribution is 7.22. The Balaban J connectivity index is 2.73. The molecule has 0 fully saturated rings. The fraction of sp³-hybridized carbons (Fsp3) is 0.462. The molecule has 0 atom stereocenters. The van der Waals surface area contributed by atoms with E-state index in [1.165, 1.54) is 22.3 Å². The molecule has 0 amide bonds. The Bertz CT molecular complexity index is 503. The Morgan fingerprint density at radius 1 is 1.12 bits per heavy atom. The van der Waals surface area contributed by atoms with Crippen molar-refractivity contribution in [2.75, 3.05) is 0 Å². The van der Waals surface area contributed by atoms with Crippen molar-refractivity contribution in [1.82, 2.24) is 0 Å². The normalized spacial score (nSPS) is 14.1. The maximum Gasteiger partial charge on any atom is 0.160 e. The molecule has 0 N–H and O–H groups in total. The standard InChI is InChI=1S/C13H16NOP/c1-7-5-11-9(3)8(2)10(4)12(6-16-15)13(11)14-7/h5-6H2,1-4H3. The van der Waals surface area contributed by atoms with Gasteiger partial charge in [0.1, 0.15) is 0 Å². The van der Waals surface area contributed by atoms with Gasteiger partial charge in [-0.3, -0.25) is 9.56 Å². The molecule has 0 aromatic heterocycles. The number of aliphatic imine (C=N–C) groups is 1. The van der Waals surface area contributed by atoms with E-state index in [9.17, 15) is 4.57 Å². The van der Waals surface area contributed by atoms with Gasteiger partial charge in [0.15, 0.2) is 8.46 Å². The van der Waals surface area contributed by atoms with Crippen LogP contribution >= 0.6 is 8.46 Å². The zero-order valence-corrected chi connectivity index (χ0v) is 11.1. The minimum absolute atomic E-state index is 0.176. The van der Waals surface area contributed by atoms with E-state index in [2.05, 4.69) is 32.7 Å². The third-order valence-corrected chi connectivity index (χ3v) is 4.01. The molecule has 1 aromatic rings. The molecule has 0 bridgehead atoms. The molecular formula is C13H16NOP. The van der Waals surface area contributed by atoms with Crippen molar-refractivity contribution in [3.05, 3.63) is 27.8 Å². The molecule has 0 radical (unpaired) electrons. The Kier molecular flexibility index (Phi) is 2.94. The summed E-state index contributed by atoms with van der Waals surface area (Å²) in [6.07, 6.45) is 1.52. The average molecular weight is 233 g/mol. The summed E-state index contributed by atoms with van der Waals surface area (Å²) in [4.78, 5) is 4.61. The van der Waals surface area contributed by atoms with Crippen molar-refractivity contribution < 1.29 is 4.57 Å². The number of hydrogen-bond acceptors (Lipinski definition) is 2. The van der Waals surface area contributed by atoms with Gasteiger partial charge in [-0.05, 0) is 55.5 Å². The monoisotopic (exact) mass is 233 g/mol. The molecule has 3 heteroatoms. The van der Waals surface area contributed by atoms with Gasteiger partial charge >= 0.3 is 0 Å². The number of hydrogen-bond donors (Lipinski definition) is 0. The van der Waals surface area contributed by atoms with E-state index in [4.69, 9.17) is 0 Å². The first-order valence-electron chi connectivity index (χ1n) is 5.51. The predicted octanol–water partition coefficient (Wildman–Crippen LogP) is 4.05. The summed E-state index contributed by atoms with van der Waals surface area (Å²) in [5, 5.41) is 0. The highest BCUT2D eigenvalue weighted by Gasteiger charge is 2.21. The molecule has 16 heavy (non-hydrogen) atoms. The Morgan fingerprint density at radius 3 is 2.44 bits per heavy atom. The van der Waals surface area contributed by atoms with Crippen LogP contribution in [0.5, 0.6) is 0 Å². The third kappa shape index (κ3) is 1.62. The van der Waals surface area contributed by atoms with Gasteiger partial charge in [-0.1, -0.05) is 0 Å². The Hall–Kier alpha value is -1.01. The van der Waals surface area contributed by atoms with Gasteiger partial charge in [0.25, 0.3) is 0 Å². The van der Waals surface area contributed by atoms with Crippen LogP contribution in [0.2, 0.25) is 0 Å². The molecular weight excluding hydrogens is 217 g/mol. The maximum absolute atomic E-state index is 10.9. The smallest absolute Gasteiger partial charge is 0.160 e. The van der Waals surface area contributed by atoms with E-state index in [-0.39, 0.29) is 8.46 Å². The van der Waals surface area contributed by atoms with Crippen molar-refractivity contribution >= 4 is 19.9 Å². The van der Waals surface area contributed by atoms with Crippen LogP contribution in [0.3, 0.4) is 0 Å². The lowest BCUT2D eigenvalue weighted by atomic mass is 9.92. The fourth-order valence-corrected chi connectivity index (χ4v) is 2.88. The van der Waals surface area contributed by atoms with Crippen LogP contribution in [-0.2, 0) is 17.1 Å². The lowest BCUT2D eigenvalue weighted by Gasteiger charge is -2.15. The summed E-state index contributed by atoms with van der Waals surface area (Å²) in [7, 11) is 0.176. The average Bonchev–Trinajstić information content (AvgIpc) is 2.63. The minimum atomic E-state index is 0.176. The largest absolute Gasteiger partial charge is 0.275 e. The zero-order valence-electron chi connectivity index (χ0n) is 10.2. The molecule has 0 aliphatic carbocycles. The van der Waals surface area contributed by atoms with Crippen LogP contribution in [0.25, 0.3) is 0 Å². The Morgan fingerprint density at radius 2 is 1.81 bits per heavy atom. The molecule has 1 aliphatic heterocycles. The summed E-state index contributed by atoms with van der Waals surface area (Å²) in [5.74, 6) is 0. The first kappa shape index (κ1) is 11.5. The van der Waals surface area contributed by atoms with Gasteiger partial charge in [0.05, 0.1) is 11.8 Å². The second-order valence-electron chi connectivity index (χ2n) is 4.49. The molecule has 2 nitrogen and oxygen atoms in total. The summed E-state index contributed by atoms with van der Waals surface area (Å²) in [6.45, 7) is 8.47. The molecule has 0 unspecified atom stereocenters. The topological polar surface area (TPSA) is 29.4 Å². The number of benzene rings is 1. The van der Waals surface area contributed by atoms with E-state index in [1.807, 2.05) is 0 Å². The zero-order chi connectivity index (χ0) is 11.9. The molecule has 1 aliphatic rings. The quantitative estimate of drug-likeness (QED) is 0.708. The summed E-state index contributed by atoms with van der Waals surface area (Å²) < 4.78 is 10.9.